The SMILES string of the molecule is N#CC(c1cccnc1)N1CCN(C(=O)C(c2ccccc2)c2ccccc2)CC1. The van der Waals surface area contributed by atoms with Crippen LogP contribution in [0.5, 0.6) is 0 Å². The lowest BCUT2D eigenvalue weighted by Gasteiger charge is -2.38. The molecule has 1 saturated heterocycles. The van der Waals surface area contributed by atoms with E-state index in [4.69, 9.17) is 0 Å². The largest absolute Gasteiger partial charge is 0.339 e. The predicted molar refractivity (Wildman–Crippen MR) is 115 cm³/mol. The van der Waals surface area contributed by atoms with Gasteiger partial charge < -0.3 is 4.90 Å². The minimum absolute atomic E-state index is 0.113. The van der Waals surface area contributed by atoms with Crippen molar-refractivity contribution in [3.05, 3.63) is 102 Å². The second kappa shape index (κ2) is 9.34. The van der Waals surface area contributed by atoms with E-state index in [2.05, 4.69) is 16.0 Å². The summed E-state index contributed by atoms with van der Waals surface area (Å²) >= 11 is 0. The summed E-state index contributed by atoms with van der Waals surface area (Å²) in [5, 5.41) is 9.69. The molecule has 1 aliphatic heterocycles. The number of hydrogen-bond donors (Lipinski definition) is 0. The van der Waals surface area contributed by atoms with Gasteiger partial charge >= 0.3 is 0 Å². The smallest absolute Gasteiger partial charge is 0.234 e. The van der Waals surface area contributed by atoms with Crippen molar-refractivity contribution < 1.29 is 4.79 Å². The second-order valence-corrected chi connectivity index (χ2v) is 7.43. The number of carbonyl (C=O) groups is 1. The molecular weight excluding hydrogens is 372 g/mol. The number of pyridine rings is 1. The van der Waals surface area contributed by atoms with Gasteiger partial charge in [0.25, 0.3) is 0 Å². The molecule has 0 spiro atoms. The molecule has 150 valence electrons. The van der Waals surface area contributed by atoms with Gasteiger partial charge in [0.2, 0.25) is 5.91 Å². The summed E-state index contributed by atoms with van der Waals surface area (Å²) in [7, 11) is 0. The summed E-state index contributed by atoms with van der Waals surface area (Å²) in [4.78, 5) is 21.7. The van der Waals surface area contributed by atoms with Crippen LogP contribution in [0.15, 0.2) is 85.2 Å². The third-order valence-electron chi connectivity index (χ3n) is 5.63. The minimum Gasteiger partial charge on any atom is -0.339 e. The number of aromatic nitrogens is 1. The monoisotopic (exact) mass is 396 g/mol. The van der Waals surface area contributed by atoms with Crippen LogP contribution in [0.3, 0.4) is 0 Å². The first-order valence-electron chi connectivity index (χ1n) is 10.2. The minimum atomic E-state index is -0.338. The van der Waals surface area contributed by atoms with Crippen molar-refractivity contribution in [2.45, 2.75) is 12.0 Å². The zero-order chi connectivity index (χ0) is 20.8. The molecule has 30 heavy (non-hydrogen) atoms. The number of hydrogen-bond acceptors (Lipinski definition) is 4. The maximum absolute atomic E-state index is 13.5. The third kappa shape index (κ3) is 4.24. The van der Waals surface area contributed by atoms with Crippen LogP contribution >= 0.6 is 0 Å². The number of carbonyl (C=O) groups excluding carboxylic acids is 1. The van der Waals surface area contributed by atoms with Gasteiger partial charge in [-0.15, -0.1) is 0 Å². The van der Waals surface area contributed by atoms with Crippen LogP contribution in [0.4, 0.5) is 0 Å². The van der Waals surface area contributed by atoms with E-state index in [1.165, 1.54) is 0 Å². The molecule has 2 aromatic carbocycles. The summed E-state index contributed by atoms with van der Waals surface area (Å²) in [5.41, 5.74) is 2.90. The van der Waals surface area contributed by atoms with Gasteiger partial charge in [-0.25, -0.2) is 0 Å². The summed E-state index contributed by atoms with van der Waals surface area (Å²) in [6.45, 7) is 2.53. The Bertz CT molecular complexity index is 954. The van der Waals surface area contributed by atoms with Gasteiger partial charge in [0.1, 0.15) is 6.04 Å². The molecule has 5 heteroatoms. The predicted octanol–water partition coefficient (Wildman–Crippen LogP) is 3.62. The number of piperazine rings is 1. The van der Waals surface area contributed by atoms with E-state index in [-0.39, 0.29) is 17.9 Å². The van der Waals surface area contributed by atoms with E-state index in [1.807, 2.05) is 77.7 Å². The summed E-state index contributed by atoms with van der Waals surface area (Å²) in [5.74, 6) is -0.203. The average molecular weight is 396 g/mol. The van der Waals surface area contributed by atoms with Crippen LogP contribution in [0.25, 0.3) is 0 Å². The Kier molecular flexibility index (Phi) is 6.17. The standard InChI is InChI=1S/C25H24N4O/c26-18-23(22-12-7-13-27-19-22)28-14-16-29(17-15-28)25(30)24(20-8-3-1-4-9-20)21-10-5-2-6-11-21/h1-13,19,23-24H,14-17H2. The summed E-state index contributed by atoms with van der Waals surface area (Å²) in [6, 6.07) is 25.7. The number of benzene rings is 2. The molecular formula is C25H24N4O. The first kappa shape index (κ1) is 19.8. The lowest BCUT2D eigenvalue weighted by molar-refractivity contribution is -0.133. The Labute approximate surface area is 177 Å². The summed E-state index contributed by atoms with van der Waals surface area (Å²) in [6.07, 6.45) is 3.45. The highest BCUT2D eigenvalue weighted by Gasteiger charge is 2.32. The Morgan fingerprint density at radius 2 is 1.40 bits per heavy atom. The molecule has 0 aliphatic carbocycles. The zero-order valence-corrected chi connectivity index (χ0v) is 16.8. The lowest BCUT2D eigenvalue weighted by Crippen LogP contribution is -2.50. The average Bonchev–Trinajstić information content (AvgIpc) is 2.82. The van der Waals surface area contributed by atoms with Crippen LogP contribution in [0, 0.1) is 11.3 Å². The Morgan fingerprint density at radius 3 is 1.90 bits per heavy atom. The molecule has 4 rings (SSSR count). The molecule has 0 radical (unpaired) electrons. The quantitative estimate of drug-likeness (QED) is 0.661. The fourth-order valence-electron chi connectivity index (χ4n) is 4.06. The first-order chi connectivity index (χ1) is 14.8. The van der Waals surface area contributed by atoms with Crippen molar-refractivity contribution in [1.29, 1.82) is 5.26 Å². The molecule has 0 N–H and O–H groups in total. The Balaban J connectivity index is 1.50. The maximum Gasteiger partial charge on any atom is 0.234 e. The van der Waals surface area contributed by atoms with Crippen molar-refractivity contribution in [2.24, 2.45) is 0 Å². The Hall–Kier alpha value is -3.49. The fraction of sp³-hybridized carbons (Fsp3) is 0.240. The molecule has 0 saturated carbocycles. The van der Waals surface area contributed by atoms with E-state index in [0.717, 1.165) is 16.7 Å². The van der Waals surface area contributed by atoms with Gasteiger partial charge in [0.15, 0.2) is 0 Å². The molecule has 3 aromatic rings. The van der Waals surface area contributed by atoms with Crippen LogP contribution in [0.1, 0.15) is 28.7 Å². The van der Waals surface area contributed by atoms with E-state index in [1.54, 1.807) is 12.4 Å². The molecule has 5 nitrogen and oxygen atoms in total. The third-order valence-corrected chi connectivity index (χ3v) is 5.63. The van der Waals surface area contributed by atoms with Gasteiger partial charge in [-0.1, -0.05) is 66.7 Å². The van der Waals surface area contributed by atoms with Crippen LogP contribution in [-0.2, 0) is 4.79 Å². The van der Waals surface area contributed by atoms with E-state index < -0.39 is 0 Å². The van der Waals surface area contributed by atoms with Crippen molar-refractivity contribution in [3.8, 4) is 6.07 Å². The van der Waals surface area contributed by atoms with Crippen molar-refractivity contribution >= 4 is 5.91 Å². The number of rotatable bonds is 5. The van der Waals surface area contributed by atoms with Crippen LogP contribution in [-0.4, -0.2) is 46.9 Å². The summed E-state index contributed by atoms with van der Waals surface area (Å²) < 4.78 is 0. The maximum atomic E-state index is 13.5. The van der Waals surface area contributed by atoms with Gasteiger partial charge in [-0.3, -0.25) is 14.7 Å². The van der Waals surface area contributed by atoms with Crippen molar-refractivity contribution in [2.75, 3.05) is 26.2 Å². The fourth-order valence-corrected chi connectivity index (χ4v) is 4.06. The topological polar surface area (TPSA) is 60.2 Å². The molecule has 1 aromatic heterocycles. The second-order valence-electron chi connectivity index (χ2n) is 7.43. The molecule has 0 bridgehead atoms. The number of nitrogens with zero attached hydrogens (tertiary/aromatic N) is 4. The van der Waals surface area contributed by atoms with E-state index >= 15 is 0 Å². The van der Waals surface area contributed by atoms with Crippen molar-refractivity contribution in [1.82, 2.24) is 14.8 Å². The van der Waals surface area contributed by atoms with E-state index in [9.17, 15) is 10.1 Å². The molecule has 1 amide bonds. The molecule has 1 fully saturated rings. The first-order valence-corrected chi connectivity index (χ1v) is 10.2. The number of amides is 1. The van der Waals surface area contributed by atoms with E-state index in [0.29, 0.717) is 26.2 Å². The zero-order valence-electron chi connectivity index (χ0n) is 16.8. The lowest BCUT2D eigenvalue weighted by atomic mass is 9.90. The van der Waals surface area contributed by atoms with Gasteiger partial charge in [0, 0.05) is 44.1 Å². The Morgan fingerprint density at radius 1 is 0.833 bits per heavy atom. The molecule has 2 heterocycles. The van der Waals surface area contributed by atoms with Gasteiger partial charge in [-0.05, 0) is 17.2 Å². The van der Waals surface area contributed by atoms with Crippen LogP contribution < -0.4 is 0 Å². The number of nitriles is 1. The normalized spacial score (nSPS) is 15.5. The van der Waals surface area contributed by atoms with Crippen molar-refractivity contribution in [3.63, 3.8) is 0 Å². The van der Waals surface area contributed by atoms with Gasteiger partial charge in [-0.2, -0.15) is 5.26 Å². The highest BCUT2D eigenvalue weighted by atomic mass is 16.2. The van der Waals surface area contributed by atoms with Gasteiger partial charge in [0.05, 0.1) is 12.0 Å². The molecule has 1 atom stereocenters. The highest BCUT2D eigenvalue weighted by molar-refractivity contribution is 5.87. The molecule has 1 aliphatic rings. The molecule has 1 unspecified atom stereocenters. The van der Waals surface area contributed by atoms with Crippen LogP contribution in [0.2, 0.25) is 0 Å². The highest BCUT2D eigenvalue weighted by Crippen LogP contribution is 2.28.